The number of carbonyl (C=O) groups is 1. The lowest BCUT2D eigenvalue weighted by atomic mass is 10.0. The molecule has 0 unspecified atom stereocenters. The number of nitrogens with zero attached hydrogens (tertiary/aromatic N) is 3. The Morgan fingerprint density at radius 1 is 1.26 bits per heavy atom. The second-order valence-electron chi connectivity index (χ2n) is 7.87. The summed E-state index contributed by atoms with van der Waals surface area (Å²) in [5.74, 6) is -0.482. The highest BCUT2D eigenvalue weighted by atomic mass is 35.5. The zero-order chi connectivity index (χ0) is 22.9. The number of nitrogens with one attached hydrogen (secondary N) is 2. The summed E-state index contributed by atoms with van der Waals surface area (Å²) in [6, 6.07) is 6.80. The molecule has 3 rings (SSSR count). The molecular formula is C22H26ClN5O3. The van der Waals surface area contributed by atoms with Gasteiger partial charge in [-0.25, -0.2) is 9.78 Å². The van der Waals surface area contributed by atoms with Crippen molar-refractivity contribution in [2.75, 3.05) is 24.3 Å². The van der Waals surface area contributed by atoms with Crippen LogP contribution in [-0.4, -0.2) is 34.5 Å². The number of hydrogen-bond donors (Lipinski definition) is 2. The Hall–Kier alpha value is -3.13. The highest BCUT2D eigenvalue weighted by Crippen LogP contribution is 2.28. The molecule has 0 saturated heterocycles. The zero-order valence-electron chi connectivity index (χ0n) is 18.2. The summed E-state index contributed by atoms with van der Waals surface area (Å²) < 4.78 is 1.40. The highest BCUT2D eigenvalue weighted by Gasteiger charge is 2.20. The van der Waals surface area contributed by atoms with Gasteiger partial charge in [0.05, 0.1) is 21.7 Å². The Morgan fingerprint density at radius 2 is 1.97 bits per heavy atom. The van der Waals surface area contributed by atoms with Gasteiger partial charge in [0.25, 0.3) is 11.5 Å². The van der Waals surface area contributed by atoms with Crippen LogP contribution >= 0.6 is 11.6 Å². The van der Waals surface area contributed by atoms with E-state index in [1.807, 2.05) is 39.8 Å². The predicted octanol–water partition coefficient (Wildman–Crippen LogP) is 3.59. The van der Waals surface area contributed by atoms with E-state index < -0.39 is 17.2 Å². The molecule has 0 aliphatic rings. The minimum absolute atomic E-state index is 0.00534. The van der Waals surface area contributed by atoms with Crippen LogP contribution in [0.15, 0.2) is 33.9 Å². The van der Waals surface area contributed by atoms with Gasteiger partial charge in [0.15, 0.2) is 5.65 Å². The Labute approximate surface area is 184 Å². The van der Waals surface area contributed by atoms with Gasteiger partial charge in [-0.15, -0.1) is 0 Å². The minimum Gasteiger partial charge on any atom is -0.376 e. The molecule has 9 heteroatoms. The molecule has 0 bridgehead atoms. The van der Waals surface area contributed by atoms with E-state index >= 15 is 0 Å². The minimum atomic E-state index is -0.638. The molecule has 2 heterocycles. The quantitative estimate of drug-likeness (QED) is 0.606. The standard InChI is InChI=1S/C22H26ClN5O3/c1-6-9-28-19-18(21(30)26-22(28)31)14(11-16(25-19)12(2)3)20(29)24-13-7-8-17(27(4)5)15(23)10-13/h7-8,10-12H,6,9H2,1-5H3,(H,24,29)(H,26,30,31). The smallest absolute Gasteiger partial charge is 0.329 e. The Morgan fingerprint density at radius 3 is 2.55 bits per heavy atom. The molecule has 2 N–H and O–H groups in total. The summed E-state index contributed by atoms with van der Waals surface area (Å²) in [6.07, 6.45) is 0.674. The molecule has 8 nitrogen and oxygen atoms in total. The van der Waals surface area contributed by atoms with Crippen molar-refractivity contribution >= 4 is 39.9 Å². The number of carbonyl (C=O) groups excluding carboxylic acids is 1. The third kappa shape index (κ3) is 4.49. The van der Waals surface area contributed by atoms with Crippen molar-refractivity contribution in [1.82, 2.24) is 14.5 Å². The summed E-state index contributed by atoms with van der Waals surface area (Å²) in [4.78, 5) is 47.0. The number of pyridine rings is 1. The molecule has 0 radical (unpaired) electrons. The largest absolute Gasteiger partial charge is 0.376 e. The topological polar surface area (TPSA) is 100 Å². The summed E-state index contributed by atoms with van der Waals surface area (Å²) in [7, 11) is 3.75. The van der Waals surface area contributed by atoms with Gasteiger partial charge >= 0.3 is 5.69 Å². The number of amides is 1. The van der Waals surface area contributed by atoms with Crippen LogP contribution in [0.5, 0.6) is 0 Å². The number of halogens is 1. The molecule has 0 fully saturated rings. The second-order valence-corrected chi connectivity index (χ2v) is 8.28. The SMILES string of the molecule is CCCn1c(=O)[nH]c(=O)c2c(C(=O)Nc3ccc(N(C)C)c(Cl)c3)cc(C(C)C)nc21. The maximum absolute atomic E-state index is 13.2. The molecule has 0 aliphatic carbocycles. The second kappa shape index (κ2) is 8.93. The lowest BCUT2D eigenvalue weighted by molar-refractivity contribution is 0.102. The number of H-pyrrole nitrogens is 1. The van der Waals surface area contributed by atoms with Crippen molar-refractivity contribution in [2.45, 2.75) is 39.7 Å². The third-order valence-corrected chi connectivity index (χ3v) is 5.24. The lowest BCUT2D eigenvalue weighted by Gasteiger charge is -2.16. The van der Waals surface area contributed by atoms with E-state index in [2.05, 4.69) is 15.3 Å². The monoisotopic (exact) mass is 443 g/mol. The molecule has 0 saturated carbocycles. The normalized spacial score (nSPS) is 11.2. The van der Waals surface area contributed by atoms with Crippen LogP contribution in [-0.2, 0) is 6.54 Å². The van der Waals surface area contributed by atoms with E-state index in [1.54, 1.807) is 24.3 Å². The summed E-state index contributed by atoms with van der Waals surface area (Å²) in [6.45, 7) is 6.17. The summed E-state index contributed by atoms with van der Waals surface area (Å²) in [5, 5.41) is 3.38. The number of aromatic nitrogens is 3. The fraction of sp³-hybridized carbons (Fsp3) is 0.364. The third-order valence-electron chi connectivity index (χ3n) is 4.94. The van der Waals surface area contributed by atoms with Crippen LogP contribution in [0.1, 0.15) is 49.2 Å². The van der Waals surface area contributed by atoms with Gasteiger partial charge in [0.2, 0.25) is 0 Å². The zero-order valence-corrected chi connectivity index (χ0v) is 19.0. The first kappa shape index (κ1) is 22.6. The number of benzene rings is 1. The molecule has 0 aliphatic heterocycles. The number of aryl methyl sites for hydroxylation is 1. The molecule has 1 amide bonds. The van der Waals surface area contributed by atoms with Crippen molar-refractivity contribution < 1.29 is 4.79 Å². The van der Waals surface area contributed by atoms with E-state index in [0.29, 0.717) is 29.4 Å². The number of fused-ring (bicyclic) bond motifs is 1. The van der Waals surface area contributed by atoms with Gasteiger partial charge in [-0.1, -0.05) is 32.4 Å². The van der Waals surface area contributed by atoms with Gasteiger partial charge in [-0.2, -0.15) is 0 Å². The van der Waals surface area contributed by atoms with Gasteiger partial charge in [-0.05, 0) is 36.6 Å². The first-order valence-electron chi connectivity index (χ1n) is 10.1. The predicted molar refractivity (Wildman–Crippen MR) is 125 cm³/mol. The summed E-state index contributed by atoms with van der Waals surface area (Å²) >= 11 is 6.32. The first-order valence-corrected chi connectivity index (χ1v) is 10.5. The maximum Gasteiger partial charge on any atom is 0.329 e. The van der Waals surface area contributed by atoms with Crippen LogP contribution in [0.2, 0.25) is 5.02 Å². The van der Waals surface area contributed by atoms with Crippen molar-refractivity contribution in [3.05, 3.63) is 61.4 Å². The molecule has 0 atom stereocenters. The molecule has 3 aromatic rings. The fourth-order valence-corrected chi connectivity index (χ4v) is 3.69. The van der Waals surface area contributed by atoms with E-state index in [9.17, 15) is 14.4 Å². The maximum atomic E-state index is 13.2. The van der Waals surface area contributed by atoms with Gasteiger partial charge < -0.3 is 10.2 Å². The Balaban J connectivity index is 2.17. The molecule has 164 valence electrons. The van der Waals surface area contributed by atoms with E-state index in [0.717, 1.165) is 5.69 Å². The molecule has 2 aromatic heterocycles. The lowest BCUT2D eigenvalue weighted by Crippen LogP contribution is -2.32. The van der Waals surface area contributed by atoms with Crippen LogP contribution in [0.3, 0.4) is 0 Å². The highest BCUT2D eigenvalue weighted by molar-refractivity contribution is 6.33. The number of rotatable bonds is 6. The van der Waals surface area contributed by atoms with Crippen LogP contribution in [0.4, 0.5) is 11.4 Å². The number of hydrogen-bond acceptors (Lipinski definition) is 5. The first-order chi connectivity index (χ1) is 14.6. The van der Waals surface area contributed by atoms with E-state index in [1.165, 1.54) is 4.57 Å². The number of aromatic amines is 1. The van der Waals surface area contributed by atoms with Crippen molar-refractivity contribution in [2.24, 2.45) is 0 Å². The van der Waals surface area contributed by atoms with Crippen LogP contribution < -0.4 is 21.5 Å². The van der Waals surface area contributed by atoms with E-state index in [-0.39, 0.29) is 22.5 Å². The van der Waals surface area contributed by atoms with Gasteiger partial charge in [0.1, 0.15) is 0 Å². The fourth-order valence-electron chi connectivity index (χ4n) is 3.35. The van der Waals surface area contributed by atoms with Crippen molar-refractivity contribution in [1.29, 1.82) is 0 Å². The number of anilines is 2. The van der Waals surface area contributed by atoms with Gasteiger partial charge in [0, 0.05) is 32.0 Å². The average molecular weight is 444 g/mol. The molecule has 1 aromatic carbocycles. The Kier molecular flexibility index (Phi) is 6.50. The van der Waals surface area contributed by atoms with Crippen molar-refractivity contribution in [3.63, 3.8) is 0 Å². The van der Waals surface area contributed by atoms with Crippen LogP contribution in [0, 0.1) is 0 Å². The summed E-state index contributed by atoms with van der Waals surface area (Å²) in [5.41, 5.74) is 1.13. The van der Waals surface area contributed by atoms with E-state index in [4.69, 9.17) is 11.6 Å². The molecule has 0 spiro atoms. The molecule has 31 heavy (non-hydrogen) atoms. The molecular weight excluding hydrogens is 418 g/mol. The Bertz CT molecular complexity index is 1260. The van der Waals surface area contributed by atoms with Gasteiger partial charge in [-0.3, -0.25) is 19.1 Å². The van der Waals surface area contributed by atoms with Crippen molar-refractivity contribution in [3.8, 4) is 0 Å². The average Bonchev–Trinajstić information content (AvgIpc) is 2.69. The van der Waals surface area contributed by atoms with Crippen LogP contribution in [0.25, 0.3) is 11.0 Å².